The Labute approximate surface area is 155 Å². The average molecular weight is 388 g/mol. The maximum Gasteiger partial charge on any atom is 0.416 e. The number of alkyl halides is 3. The van der Waals surface area contributed by atoms with Crippen molar-refractivity contribution in [1.82, 2.24) is 10.2 Å². The van der Waals surface area contributed by atoms with E-state index in [0.717, 1.165) is 17.0 Å². The fourth-order valence-electron chi connectivity index (χ4n) is 3.05. The second kappa shape index (κ2) is 6.17. The zero-order chi connectivity index (χ0) is 19.2. The third kappa shape index (κ3) is 2.84. The van der Waals surface area contributed by atoms with Crippen LogP contribution in [-0.4, -0.2) is 10.2 Å². The molecule has 136 valence electrons. The Morgan fingerprint density at radius 3 is 2.56 bits per heavy atom. The lowest BCUT2D eigenvalue weighted by Gasteiger charge is -2.24. The topological polar surface area (TPSA) is 87.7 Å². The van der Waals surface area contributed by atoms with Gasteiger partial charge in [-0.1, -0.05) is 18.2 Å². The summed E-state index contributed by atoms with van der Waals surface area (Å²) in [5.41, 5.74) is 6.93. The zero-order valence-electron chi connectivity index (χ0n) is 13.5. The van der Waals surface area contributed by atoms with Crippen LogP contribution < -0.4 is 10.5 Å². The first-order chi connectivity index (χ1) is 12.9. The molecule has 0 radical (unpaired) electrons. The van der Waals surface area contributed by atoms with E-state index in [9.17, 15) is 18.4 Å². The van der Waals surface area contributed by atoms with Gasteiger partial charge in [0.2, 0.25) is 11.8 Å². The number of hydrogen-bond acceptors (Lipinski definition) is 5. The first-order valence-electron chi connectivity index (χ1n) is 7.77. The molecule has 1 aliphatic heterocycles. The van der Waals surface area contributed by atoms with Crippen molar-refractivity contribution in [2.45, 2.75) is 12.1 Å². The van der Waals surface area contributed by atoms with Crippen LogP contribution in [0.4, 0.5) is 13.2 Å². The van der Waals surface area contributed by atoms with Crippen molar-refractivity contribution in [2.75, 3.05) is 0 Å². The molecular formula is C18H11F3N4OS. The normalized spacial score (nSPS) is 16.6. The van der Waals surface area contributed by atoms with Crippen LogP contribution >= 0.6 is 11.3 Å². The van der Waals surface area contributed by atoms with Crippen LogP contribution in [-0.2, 0) is 6.18 Å². The summed E-state index contributed by atoms with van der Waals surface area (Å²) in [4.78, 5) is 0.863. The predicted molar refractivity (Wildman–Crippen MR) is 92.6 cm³/mol. The molecule has 0 unspecified atom stereocenters. The summed E-state index contributed by atoms with van der Waals surface area (Å²) in [6.45, 7) is 0. The Morgan fingerprint density at radius 2 is 1.96 bits per heavy atom. The number of nitriles is 1. The molecule has 1 aliphatic rings. The van der Waals surface area contributed by atoms with E-state index >= 15 is 0 Å². The number of nitrogens with two attached hydrogens (primary N) is 1. The van der Waals surface area contributed by atoms with Gasteiger partial charge in [0.15, 0.2) is 0 Å². The van der Waals surface area contributed by atoms with Gasteiger partial charge >= 0.3 is 6.18 Å². The maximum atomic E-state index is 12.9. The highest BCUT2D eigenvalue weighted by Crippen LogP contribution is 2.46. The highest BCUT2D eigenvalue weighted by atomic mass is 32.1. The molecular weight excluding hydrogens is 377 g/mol. The van der Waals surface area contributed by atoms with Crippen molar-refractivity contribution < 1.29 is 17.9 Å². The Bertz CT molecular complexity index is 1060. The van der Waals surface area contributed by atoms with E-state index in [0.29, 0.717) is 16.8 Å². The fraction of sp³-hybridized carbons (Fsp3) is 0.111. The van der Waals surface area contributed by atoms with Gasteiger partial charge in [0.25, 0.3) is 0 Å². The van der Waals surface area contributed by atoms with Gasteiger partial charge in [-0.05, 0) is 29.1 Å². The summed E-state index contributed by atoms with van der Waals surface area (Å²) in [6.07, 6.45) is -4.44. The lowest BCUT2D eigenvalue weighted by Crippen LogP contribution is -2.21. The number of benzene rings is 1. The standard InChI is InChI=1S/C18H11F3N4OS/c19-18(20,21)10-5-3-9(4-6-10)13-11(8-22)16(23)26-17-14(13)15(24-25-17)12-2-1-7-27-12/h1-7,13H,23H2,(H,24,25)/t13-/m1/s1. The molecule has 1 aromatic carbocycles. The summed E-state index contributed by atoms with van der Waals surface area (Å²) in [5.74, 6) is -0.587. The SMILES string of the molecule is N#CC1=C(N)Oc2n[nH]c(-c3cccs3)c2[C@@H]1c1ccc(C(F)(F)F)cc1. The van der Waals surface area contributed by atoms with Crippen LogP contribution in [0.25, 0.3) is 10.6 Å². The van der Waals surface area contributed by atoms with Gasteiger partial charge < -0.3 is 10.5 Å². The summed E-state index contributed by atoms with van der Waals surface area (Å²) in [6, 6.07) is 10.4. The number of thiophene rings is 1. The van der Waals surface area contributed by atoms with Crippen molar-refractivity contribution in [3.63, 3.8) is 0 Å². The fourth-order valence-corrected chi connectivity index (χ4v) is 3.79. The Morgan fingerprint density at radius 1 is 1.22 bits per heavy atom. The Balaban J connectivity index is 1.89. The molecule has 5 nitrogen and oxygen atoms in total. The summed E-state index contributed by atoms with van der Waals surface area (Å²) in [5, 5.41) is 18.5. The number of allylic oxidation sites excluding steroid dienone is 1. The zero-order valence-corrected chi connectivity index (χ0v) is 14.4. The molecule has 0 spiro atoms. The average Bonchev–Trinajstić information content (AvgIpc) is 3.29. The molecule has 1 atom stereocenters. The smallest absolute Gasteiger partial charge is 0.416 e. The predicted octanol–water partition coefficient (Wildman–Crippen LogP) is 4.38. The van der Waals surface area contributed by atoms with E-state index < -0.39 is 17.7 Å². The minimum Gasteiger partial charge on any atom is -0.420 e. The number of nitrogens with zero attached hydrogens (tertiary/aromatic N) is 2. The third-order valence-corrected chi connectivity index (χ3v) is 5.17. The van der Waals surface area contributed by atoms with Crippen molar-refractivity contribution in [3.8, 4) is 22.5 Å². The van der Waals surface area contributed by atoms with Gasteiger partial charge in [0, 0.05) is 0 Å². The minimum absolute atomic E-state index is 0.112. The van der Waals surface area contributed by atoms with Crippen LogP contribution in [0.3, 0.4) is 0 Å². The number of nitrogens with one attached hydrogen (secondary N) is 1. The van der Waals surface area contributed by atoms with Gasteiger partial charge in [-0.25, -0.2) is 0 Å². The summed E-state index contributed by atoms with van der Waals surface area (Å²) in [7, 11) is 0. The summed E-state index contributed by atoms with van der Waals surface area (Å²) >= 11 is 1.46. The van der Waals surface area contributed by atoms with Gasteiger partial charge in [0.05, 0.1) is 27.6 Å². The van der Waals surface area contributed by atoms with Gasteiger partial charge in [0.1, 0.15) is 11.6 Å². The highest BCUT2D eigenvalue weighted by molar-refractivity contribution is 7.13. The molecule has 0 amide bonds. The summed E-state index contributed by atoms with van der Waals surface area (Å²) < 4.78 is 44.1. The number of aromatic nitrogens is 2. The largest absolute Gasteiger partial charge is 0.420 e. The quantitative estimate of drug-likeness (QED) is 0.682. The Hall–Kier alpha value is -3.25. The molecule has 9 heteroatoms. The second-order valence-corrected chi connectivity index (χ2v) is 6.79. The molecule has 2 aromatic heterocycles. The van der Waals surface area contributed by atoms with Crippen molar-refractivity contribution in [1.29, 1.82) is 5.26 Å². The second-order valence-electron chi connectivity index (χ2n) is 5.84. The molecule has 0 fully saturated rings. The van der Waals surface area contributed by atoms with E-state index in [1.54, 1.807) is 0 Å². The van der Waals surface area contributed by atoms with E-state index in [1.165, 1.54) is 23.5 Å². The molecule has 0 saturated heterocycles. The number of aromatic amines is 1. The first kappa shape index (κ1) is 17.2. The van der Waals surface area contributed by atoms with Gasteiger partial charge in [-0.3, -0.25) is 5.10 Å². The molecule has 0 bridgehead atoms. The van der Waals surface area contributed by atoms with E-state index in [1.807, 2.05) is 23.6 Å². The van der Waals surface area contributed by atoms with Gasteiger partial charge in [-0.15, -0.1) is 16.4 Å². The highest BCUT2D eigenvalue weighted by Gasteiger charge is 2.36. The van der Waals surface area contributed by atoms with Crippen LogP contribution in [0, 0.1) is 11.3 Å². The third-order valence-electron chi connectivity index (χ3n) is 4.28. The molecule has 3 N–H and O–H groups in total. The van der Waals surface area contributed by atoms with E-state index in [2.05, 4.69) is 10.2 Å². The number of H-pyrrole nitrogens is 1. The number of halogens is 3. The van der Waals surface area contributed by atoms with E-state index in [-0.39, 0.29) is 17.3 Å². The van der Waals surface area contributed by atoms with Crippen molar-refractivity contribution >= 4 is 11.3 Å². The minimum atomic E-state index is -4.44. The van der Waals surface area contributed by atoms with Gasteiger partial charge in [-0.2, -0.15) is 18.4 Å². The number of hydrogen-bond donors (Lipinski definition) is 2. The van der Waals surface area contributed by atoms with Crippen LogP contribution in [0.2, 0.25) is 0 Å². The molecule has 3 aromatic rings. The lowest BCUT2D eigenvalue weighted by atomic mass is 9.83. The molecule has 4 rings (SSSR count). The Kier molecular flexibility index (Phi) is 3.93. The van der Waals surface area contributed by atoms with Crippen LogP contribution in [0.1, 0.15) is 22.6 Å². The van der Waals surface area contributed by atoms with Crippen LogP contribution in [0.5, 0.6) is 5.88 Å². The molecule has 27 heavy (non-hydrogen) atoms. The number of fused-ring (bicyclic) bond motifs is 1. The lowest BCUT2D eigenvalue weighted by molar-refractivity contribution is -0.137. The molecule has 3 heterocycles. The molecule has 0 aliphatic carbocycles. The number of rotatable bonds is 2. The van der Waals surface area contributed by atoms with E-state index in [4.69, 9.17) is 10.5 Å². The maximum absolute atomic E-state index is 12.9. The van der Waals surface area contributed by atoms with Crippen LogP contribution in [0.15, 0.2) is 53.2 Å². The van der Waals surface area contributed by atoms with Crippen molar-refractivity contribution in [3.05, 3.63) is 69.9 Å². The monoisotopic (exact) mass is 388 g/mol. The van der Waals surface area contributed by atoms with Crippen molar-refractivity contribution in [2.24, 2.45) is 5.73 Å². The first-order valence-corrected chi connectivity index (χ1v) is 8.65. The number of ether oxygens (including phenoxy) is 1. The molecule has 0 saturated carbocycles.